The summed E-state index contributed by atoms with van der Waals surface area (Å²) in [5.41, 5.74) is 1.11. The summed E-state index contributed by atoms with van der Waals surface area (Å²) < 4.78 is 22.8. The minimum absolute atomic E-state index is 0.0485. The lowest BCUT2D eigenvalue weighted by Crippen LogP contribution is -2.23. The molecule has 0 radical (unpaired) electrons. The molecule has 0 saturated heterocycles. The van der Waals surface area contributed by atoms with Gasteiger partial charge in [0.2, 0.25) is 0 Å². The Kier molecular flexibility index (Phi) is 8.22. The molecule has 0 atom stereocenters. The molecule has 0 amide bonds. The third kappa shape index (κ3) is 5.50. The summed E-state index contributed by atoms with van der Waals surface area (Å²) in [4.78, 5) is 38.5. The Balaban J connectivity index is 1.81. The number of ether oxygens (including phenoxy) is 4. The maximum absolute atomic E-state index is 12.9. The number of carbonyl (C=O) groups is 3. The lowest BCUT2D eigenvalue weighted by atomic mass is 9.89. The minimum atomic E-state index is -0.747. The molecule has 3 aromatic rings. The summed E-state index contributed by atoms with van der Waals surface area (Å²) in [6.45, 7) is 2.14. The molecule has 0 N–H and O–H groups in total. The van der Waals surface area contributed by atoms with Crippen LogP contribution < -0.4 is 9.47 Å². The van der Waals surface area contributed by atoms with Gasteiger partial charge in [0.05, 0.1) is 32.4 Å². The average Bonchev–Trinajstić information content (AvgIpc) is 3.35. The highest BCUT2D eigenvalue weighted by Gasteiger charge is 2.32. The number of hydrogen-bond donors (Lipinski definition) is 0. The lowest BCUT2D eigenvalue weighted by Gasteiger charge is -2.20. The third-order valence-electron chi connectivity index (χ3n) is 6.32. The van der Waals surface area contributed by atoms with E-state index < -0.39 is 11.9 Å². The van der Waals surface area contributed by atoms with Gasteiger partial charge in [-0.1, -0.05) is 37.5 Å². The van der Waals surface area contributed by atoms with Crippen molar-refractivity contribution in [2.75, 3.05) is 20.8 Å². The molecule has 1 aliphatic rings. The van der Waals surface area contributed by atoms with Crippen molar-refractivity contribution in [3.63, 3.8) is 0 Å². The Morgan fingerprint density at radius 3 is 2.27 bits per heavy atom. The molecule has 0 unspecified atom stereocenters. The van der Waals surface area contributed by atoms with Crippen molar-refractivity contribution < 1.29 is 33.3 Å². The Hall–Kier alpha value is -4.14. The second kappa shape index (κ2) is 11.7. The van der Waals surface area contributed by atoms with Gasteiger partial charge in [-0.2, -0.15) is 5.10 Å². The standard InChI is InChI=1S/C28H30N2O7/c1-4-36-22-17-19(15-16-21(22)37-26(31)18-11-7-5-8-12-18)24-23(27(32)34-2)25(28(33)35-3)30(29-24)20-13-9-6-10-14-20/h6,9-10,13-18H,4-5,7-8,11-12H2,1-3H3. The number of para-hydroxylation sites is 1. The molecule has 194 valence electrons. The van der Waals surface area contributed by atoms with Gasteiger partial charge in [0.25, 0.3) is 0 Å². The van der Waals surface area contributed by atoms with Gasteiger partial charge in [0.1, 0.15) is 11.3 Å². The third-order valence-corrected chi connectivity index (χ3v) is 6.32. The van der Waals surface area contributed by atoms with Gasteiger partial charge in [-0.05, 0) is 50.1 Å². The van der Waals surface area contributed by atoms with Crippen LogP contribution in [0.2, 0.25) is 0 Å². The normalized spacial score (nSPS) is 13.6. The molecule has 1 saturated carbocycles. The van der Waals surface area contributed by atoms with Crippen LogP contribution in [-0.2, 0) is 14.3 Å². The van der Waals surface area contributed by atoms with Gasteiger partial charge in [-0.25, -0.2) is 14.3 Å². The summed E-state index contributed by atoms with van der Waals surface area (Å²) in [5, 5.41) is 4.61. The minimum Gasteiger partial charge on any atom is -0.490 e. The van der Waals surface area contributed by atoms with Crippen molar-refractivity contribution in [2.45, 2.75) is 39.0 Å². The summed E-state index contributed by atoms with van der Waals surface area (Å²) in [5.74, 6) is -1.28. The van der Waals surface area contributed by atoms with Crippen molar-refractivity contribution in [3.8, 4) is 28.4 Å². The van der Waals surface area contributed by atoms with E-state index in [-0.39, 0.29) is 34.6 Å². The van der Waals surface area contributed by atoms with E-state index in [0.717, 1.165) is 32.1 Å². The summed E-state index contributed by atoms with van der Waals surface area (Å²) in [6, 6.07) is 13.8. The van der Waals surface area contributed by atoms with Gasteiger partial charge in [0.15, 0.2) is 17.2 Å². The van der Waals surface area contributed by atoms with E-state index in [4.69, 9.17) is 18.9 Å². The quantitative estimate of drug-likeness (QED) is 0.311. The number of hydrogen-bond acceptors (Lipinski definition) is 8. The summed E-state index contributed by atoms with van der Waals surface area (Å²) in [6.07, 6.45) is 4.79. The number of methoxy groups -OCH3 is 2. The van der Waals surface area contributed by atoms with Gasteiger partial charge < -0.3 is 18.9 Å². The van der Waals surface area contributed by atoms with Crippen molar-refractivity contribution >= 4 is 17.9 Å². The Morgan fingerprint density at radius 2 is 1.62 bits per heavy atom. The fraction of sp³-hybridized carbons (Fsp3) is 0.357. The van der Waals surface area contributed by atoms with Crippen molar-refractivity contribution in [2.24, 2.45) is 5.92 Å². The number of carbonyl (C=O) groups excluding carboxylic acids is 3. The topological polar surface area (TPSA) is 106 Å². The first-order valence-electron chi connectivity index (χ1n) is 12.3. The Labute approximate surface area is 215 Å². The van der Waals surface area contributed by atoms with Crippen LogP contribution in [0.15, 0.2) is 48.5 Å². The highest BCUT2D eigenvalue weighted by Crippen LogP contribution is 2.37. The predicted octanol–water partition coefficient (Wildman–Crippen LogP) is 5.00. The summed E-state index contributed by atoms with van der Waals surface area (Å²) >= 11 is 0. The van der Waals surface area contributed by atoms with E-state index in [1.165, 1.54) is 18.9 Å². The highest BCUT2D eigenvalue weighted by atomic mass is 16.6. The molecule has 9 heteroatoms. The zero-order chi connectivity index (χ0) is 26.4. The molecule has 1 heterocycles. The molecule has 4 rings (SSSR count). The van der Waals surface area contributed by atoms with Crippen molar-refractivity contribution in [3.05, 3.63) is 59.8 Å². The smallest absolute Gasteiger partial charge is 0.357 e. The van der Waals surface area contributed by atoms with Crippen molar-refractivity contribution in [1.82, 2.24) is 9.78 Å². The molecule has 0 spiro atoms. The maximum Gasteiger partial charge on any atom is 0.357 e. The molecule has 1 fully saturated rings. The Morgan fingerprint density at radius 1 is 0.919 bits per heavy atom. The highest BCUT2D eigenvalue weighted by molar-refractivity contribution is 6.07. The van der Waals surface area contributed by atoms with Crippen LogP contribution in [-0.4, -0.2) is 48.5 Å². The second-order valence-electron chi connectivity index (χ2n) is 8.65. The predicted molar refractivity (Wildman–Crippen MR) is 135 cm³/mol. The van der Waals surface area contributed by atoms with E-state index in [0.29, 0.717) is 23.6 Å². The monoisotopic (exact) mass is 506 g/mol. The number of rotatable bonds is 8. The number of benzene rings is 2. The number of aromatic nitrogens is 2. The van der Waals surface area contributed by atoms with E-state index in [9.17, 15) is 14.4 Å². The number of nitrogens with zero attached hydrogens (tertiary/aromatic N) is 2. The van der Waals surface area contributed by atoms with Crippen LogP contribution in [0.1, 0.15) is 59.9 Å². The van der Waals surface area contributed by atoms with Crippen LogP contribution in [0.4, 0.5) is 0 Å². The van der Waals surface area contributed by atoms with Crippen LogP contribution in [0.25, 0.3) is 16.9 Å². The second-order valence-corrected chi connectivity index (χ2v) is 8.65. The molecular formula is C28H30N2O7. The van der Waals surface area contributed by atoms with Crippen LogP contribution >= 0.6 is 0 Å². The average molecular weight is 507 g/mol. The number of esters is 3. The van der Waals surface area contributed by atoms with Gasteiger partial charge in [-0.3, -0.25) is 4.79 Å². The van der Waals surface area contributed by atoms with E-state index in [2.05, 4.69) is 5.10 Å². The fourth-order valence-corrected chi connectivity index (χ4v) is 4.49. The van der Waals surface area contributed by atoms with Gasteiger partial charge >= 0.3 is 17.9 Å². The first kappa shape index (κ1) is 25.9. The molecule has 2 aromatic carbocycles. The maximum atomic E-state index is 12.9. The molecule has 0 aliphatic heterocycles. The van der Waals surface area contributed by atoms with E-state index >= 15 is 0 Å². The fourth-order valence-electron chi connectivity index (χ4n) is 4.49. The molecule has 9 nitrogen and oxygen atoms in total. The zero-order valence-electron chi connectivity index (χ0n) is 21.2. The Bertz CT molecular complexity index is 1280. The lowest BCUT2D eigenvalue weighted by molar-refractivity contribution is -0.140. The van der Waals surface area contributed by atoms with Crippen molar-refractivity contribution in [1.29, 1.82) is 0 Å². The molecule has 1 aliphatic carbocycles. The SMILES string of the molecule is CCOc1cc(-c2nn(-c3ccccc3)c(C(=O)OC)c2C(=O)OC)ccc1OC(=O)C1CCCCC1. The molecule has 1 aromatic heterocycles. The zero-order valence-corrected chi connectivity index (χ0v) is 21.2. The van der Waals surface area contributed by atoms with Crippen LogP contribution in [0, 0.1) is 5.92 Å². The first-order chi connectivity index (χ1) is 18.0. The van der Waals surface area contributed by atoms with Gasteiger partial charge in [0, 0.05) is 5.56 Å². The van der Waals surface area contributed by atoms with Crippen LogP contribution in [0.3, 0.4) is 0 Å². The van der Waals surface area contributed by atoms with E-state index in [1.807, 2.05) is 13.0 Å². The van der Waals surface area contributed by atoms with E-state index in [1.54, 1.807) is 42.5 Å². The first-order valence-corrected chi connectivity index (χ1v) is 12.3. The molecule has 0 bridgehead atoms. The molecule has 37 heavy (non-hydrogen) atoms. The largest absolute Gasteiger partial charge is 0.490 e. The molecular weight excluding hydrogens is 476 g/mol. The van der Waals surface area contributed by atoms with Gasteiger partial charge in [-0.15, -0.1) is 0 Å². The van der Waals surface area contributed by atoms with Crippen LogP contribution in [0.5, 0.6) is 11.5 Å². The summed E-state index contributed by atoms with van der Waals surface area (Å²) in [7, 11) is 2.46.